The van der Waals surface area contributed by atoms with Gasteiger partial charge in [-0.05, 0) is 31.3 Å². The fourth-order valence-corrected chi connectivity index (χ4v) is 5.27. The molecule has 2 aliphatic rings. The third kappa shape index (κ3) is 3.40. The van der Waals surface area contributed by atoms with Gasteiger partial charge in [-0.25, -0.2) is 12.8 Å². The third-order valence-electron chi connectivity index (χ3n) is 5.07. The van der Waals surface area contributed by atoms with E-state index < -0.39 is 15.8 Å². The lowest BCUT2D eigenvalue weighted by atomic mass is 10.2. The molecule has 2 aromatic rings. The average molecular weight is 426 g/mol. The van der Waals surface area contributed by atoms with Crippen LogP contribution in [0.1, 0.15) is 0 Å². The van der Waals surface area contributed by atoms with E-state index in [9.17, 15) is 12.8 Å². The number of piperazine rings is 1. The number of halogens is 2. The fraction of sp³-hybridized carbons (Fsp3) is 0.368. The van der Waals surface area contributed by atoms with E-state index in [2.05, 4.69) is 16.8 Å². The number of anilines is 2. The normalized spacial score (nSPS) is 18.0. The molecular weight excluding hydrogens is 405 g/mol. The first-order chi connectivity index (χ1) is 13.4. The highest BCUT2D eigenvalue weighted by atomic mass is 35.5. The van der Waals surface area contributed by atoms with E-state index in [1.165, 1.54) is 22.5 Å². The van der Waals surface area contributed by atoms with E-state index >= 15 is 0 Å². The van der Waals surface area contributed by atoms with Crippen molar-refractivity contribution in [1.29, 1.82) is 0 Å². The lowest BCUT2D eigenvalue weighted by molar-refractivity contribution is 0.301. The minimum Gasteiger partial charge on any atom is -0.487 e. The van der Waals surface area contributed by atoms with Gasteiger partial charge in [0.15, 0.2) is 5.75 Å². The summed E-state index contributed by atoms with van der Waals surface area (Å²) in [5.74, 6) is -0.308. The number of hydrogen-bond donors (Lipinski definition) is 0. The summed E-state index contributed by atoms with van der Waals surface area (Å²) < 4.78 is 47.6. The zero-order valence-electron chi connectivity index (χ0n) is 15.4. The van der Waals surface area contributed by atoms with Crippen molar-refractivity contribution in [1.82, 2.24) is 4.90 Å². The second-order valence-corrected chi connectivity index (χ2v) is 9.19. The number of fused-ring (bicyclic) bond motifs is 1. The lowest BCUT2D eigenvalue weighted by Gasteiger charge is -2.38. The predicted octanol–water partition coefficient (Wildman–Crippen LogP) is 2.82. The van der Waals surface area contributed by atoms with Gasteiger partial charge in [0.25, 0.3) is 10.0 Å². The summed E-state index contributed by atoms with van der Waals surface area (Å²) in [5.41, 5.74) is 1.11. The van der Waals surface area contributed by atoms with Gasteiger partial charge in [0.2, 0.25) is 0 Å². The van der Waals surface area contributed by atoms with Gasteiger partial charge >= 0.3 is 0 Å². The molecule has 0 spiro atoms. The molecule has 0 saturated carbocycles. The van der Waals surface area contributed by atoms with Gasteiger partial charge in [0.1, 0.15) is 17.3 Å². The first-order valence-corrected chi connectivity index (χ1v) is 10.9. The Morgan fingerprint density at radius 1 is 1.04 bits per heavy atom. The van der Waals surface area contributed by atoms with Crippen LogP contribution in [-0.2, 0) is 10.0 Å². The number of benzene rings is 2. The lowest BCUT2D eigenvalue weighted by Crippen LogP contribution is -2.45. The summed E-state index contributed by atoms with van der Waals surface area (Å²) in [4.78, 5) is 4.01. The highest BCUT2D eigenvalue weighted by Gasteiger charge is 2.34. The van der Waals surface area contributed by atoms with Crippen molar-refractivity contribution in [3.63, 3.8) is 0 Å². The van der Waals surface area contributed by atoms with Crippen LogP contribution in [0.4, 0.5) is 15.8 Å². The van der Waals surface area contributed by atoms with E-state index in [-0.39, 0.29) is 18.0 Å². The van der Waals surface area contributed by atoms with Crippen molar-refractivity contribution < 1.29 is 17.5 Å². The van der Waals surface area contributed by atoms with E-state index in [0.29, 0.717) is 16.5 Å². The second-order valence-electron chi connectivity index (χ2n) is 6.92. The Morgan fingerprint density at radius 3 is 2.43 bits per heavy atom. The summed E-state index contributed by atoms with van der Waals surface area (Å²) in [6.07, 6.45) is 0. The summed E-state index contributed by atoms with van der Waals surface area (Å²) in [5, 5.41) is 0.409. The minimum atomic E-state index is -4.09. The Balaban J connectivity index is 1.79. The van der Waals surface area contributed by atoms with Crippen LogP contribution in [0.15, 0.2) is 41.3 Å². The topological polar surface area (TPSA) is 53.1 Å². The van der Waals surface area contributed by atoms with Crippen molar-refractivity contribution in [2.75, 3.05) is 55.6 Å². The number of rotatable bonds is 3. The van der Waals surface area contributed by atoms with Crippen molar-refractivity contribution >= 4 is 33.0 Å². The summed E-state index contributed by atoms with van der Waals surface area (Å²) in [6, 6.07) is 8.74. The quantitative estimate of drug-likeness (QED) is 0.757. The molecule has 0 aromatic heterocycles. The molecule has 28 heavy (non-hydrogen) atoms. The monoisotopic (exact) mass is 425 g/mol. The molecule has 2 heterocycles. The number of nitrogens with zero attached hydrogens (tertiary/aromatic N) is 3. The van der Waals surface area contributed by atoms with Gasteiger partial charge in [-0.2, -0.15) is 0 Å². The van der Waals surface area contributed by atoms with Gasteiger partial charge in [0, 0.05) is 31.2 Å². The Hall–Kier alpha value is -2.03. The molecule has 1 fully saturated rings. The molecule has 6 nitrogen and oxygen atoms in total. The molecule has 150 valence electrons. The molecule has 4 rings (SSSR count). The van der Waals surface area contributed by atoms with Crippen LogP contribution in [0.25, 0.3) is 0 Å². The Labute approximate surface area is 169 Å². The summed E-state index contributed by atoms with van der Waals surface area (Å²) in [6.45, 7) is 3.62. The minimum absolute atomic E-state index is 0.0895. The first-order valence-electron chi connectivity index (χ1n) is 9.05. The molecule has 1 saturated heterocycles. The Morgan fingerprint density at radius 2 is 1.71 bits per heavy atom. The second kappa shape index (κ2) is 7.42. The van der Waals surface area contributed by atoms with Gasteiger partial charge < -0.3 is 14.5 Å². The number of ether oxygens (including phenoxy) is 1. The first kappa shape index (κ1) is 19.3. The summed E-state index contributed by atoms with van der Waals surface area (Å²) in [7, 11) is -2.03. The van der Waals surface area contributed by atoms with E-state index in [0.717, 1.165) is 37.9 Å². The SMILES string of the molecule is CN1CCN(c2cc(Cl)cc3c2OCCN3S(=O)(=O)c2ccccc2F)CC1. The van der Waals surface area contributed by atoms with Crippen molar-refractivity contribution in [3.05, 3.63) is 47.2 Å². The molecule has 0 N–H and O–H groups in total. The van der Waals surface area contributed by atoms with Crippen LogP contribution in [-0.4, -0.2) is 59.7 Å². The standard InChI is InChI=1S/C19H21ClFN3O3S/c1-22-6-8-23(9-7-22)16-12-14(20)13-17-19(16)27-11-10-24(17)28(25,26)18-5-3-2-4-15(18)21/h2-5,12-13H,6-11H2,1H3. The highest BCUT2D eigenvalue weighted by molar-refractivity contribution is 7.92. The van der Waals surface area contributed by atoms with Crippen molar-refractivity contribution in [2.45, 2.75) is 4.90 Å². The zero-order valence-corrected chi connectivity index (χ0v) is 17.0. The van der Waals surface area contributed by atoms with E-state index in [4.69, 9.17) is 16.3 Å². The predicted molar refractivity (Wildman–Crippen MR) is 108 cm³/mol. The third-order valence-corrected chi connectivity index (χ3v) is 7.14. The smallest absolute Gasteiger partial charge is 0.267 e. The fourth-order valence-electron chi connectivity index (χ4n) is 3.55. The van der Waals surface area contributed by atoms with Crippen LogP contribution >= 0.6 is 11.6 Å². The van der Waals surface area contributed by atoms with Crippen LogP contribution in [0.2, 0.25) is 5.02 Å². The van der Waals surface area contributed by atoms with E-state index in [1.807, 2.05) is 0 Å². The number of hydrogen-bond acceptors (Lipinski definition) is 5. The van der Waals surface area contributed by atoms with E-state index in [1.54, 1.807) is 12.1 Å². The maximum Gasteiger partial charge on any atom is 0.267 e. The molecule has 9 heteroatoms. The molecule has 0 aliphatic carbocycles. The van der Waals surface area contributed by atoms with Gasteiger partial charge in [-0.3, -0.25) is 4.31 Å². The van der Waals surface area contributed by atoms with Gasteiger partial charge in [0.05, 0.1) is 17.9 Å². The maximum absolute atomic E-state index is 14.2. The van der Waals surface area contributed by atoms with Gasteiger partial charge in [-0.1, -0.05) is 23.7 Å². The largest absolute Gasteiger partial charge is 0.487 e. The molecule has 0 unspecified atom stereocenters. The van der Waals surface area contributed by atoms with Crippen LogP contribution in [0.5, 0.6) is 5.75 Å². The molecular formula is C19H21ClFN3O3S. The van der Waals surface area contributed by atoms with Crippen LogP contribution in [0, 0.1) is 5.82 Å². The van der Waals surface area contributed by atoms with Gasteiger partial charge in [-0.15, -0.1) is 0 Å². The highest BCUT2D eigenvalue weighted by Crippen LogP contribution is 2.45. The summed E-state index contributed by atoms with van der Waals surface area (Å²) >= 11 is 6.33. The molecule has 0 atom stereocenters. The maximum atomic E-state index is 14.2. The van der Waals surface area contributed by atoms with Crippen molar-refractivity contribution in [2.24, 2.45) is 0 Å². The molecule has 0 radical (unpaired) electrons. The molecule has 2 aromatic carbocycles. The molecule has 2 aliphatic heterocycles. The molecule has 0 bridgehead atoms. The van der Waals surface area contributed by atoms with Crippen molar-refractivity contribution in [3.8, 4) is 5.75 Å². The Bertz CT molecular complexity index is 994. The molecule has 0 amide bonds. The van der Waals surface area contributed by atoms with Crippen LogP contribution < -0.4 is 13.9 Å². The average Bonchev–Trinajstić information content (AvgIpc) is 2.67. The number of sulfonamides is 1. The zero-order chi connectivity index (χ0) is 19.9. The number of likely N-dealkylation sites (N-methyl/N-ethyl adjacent to an activating group) is 1. The Kier molecular flexibility index (Phi) is 5.11. The van der Waals surface area contributed by atoms with Crippen LogP contribution in [0.3, 0.4) is 0 Å².